The van der Waals surface area contributed by atoms with Crippen LogP contribution in [0.4, 0.5) is 13.2 Å². The molecule has 0 amide bonds. The van der Waals surface area contributed by atoms with Crippen LogP contribution in [0, 0.1) is 0 Å². The number of alkyl halides is 3. The molecule has 2 aromatic rings. The van der Waals surface area contributed by atoms with Crippen LogP contribution >= 0.6 is 11.6 Å². The first kappa shape index (κ1) is 14.1. The van der Waals surface area contributed by atoms with Crippen LogP contribution in [0.2, 0.25) is 5.02 Å². The van der Waals surface area contributed by atoms with Gasteiger partial charge in [0.2, 0.25) is 0 Å². The highest BCUT2D eigenvalue weighted by molar-refractivity contribution is 6.35. The summed E-state index contributed by atoms with van der Waals surface area (Å²) in [4.78, 5) is 4.22. The van der Waals surface area contributed by atoms with E-state index in [1.54, 1.807) is 24.4 Å². The molecule has 0 bridgehead atoms. The number of aromatic nitrogens is 1. The highest BCUT2D eigenvalue weighted by Crippen LogP contribution is 2.24. The Morgan fingerprint density at radius 1 is 1.21 bits per heavy atom. The van der Waals surface area contributed by atoms with Crippen molar-refractivity contribution in [2.75, 3.05) is 6.54 Å². The first-order valence-corrected chi connectivity index (χ1v) is 6.15. The highest BCUT2D eigenvalue weighted by atomic mass is 35.5. The lowest BCUT2D eigenvalue weighted by atomic mass is 10.1. The summed E-state index contributed by atoms with van der Waals surface area (Å²) in [6.07, 6.45) is -3.34. The molecule has 0 atom stereocenters. The van der Waals surface area contributed by atoms with Gasteiger partial charge in [-0.3, -0.25) is 4.98 Å². The number of halogens is 4. The summed E-state index contributed by atoms with van der Waals surface area (Å²) in [6, 6.07) is 7.11. The summed E-state index contributed by atoms with van der Waals surface area (Å²) in [7, 11) is 0. The predicted molar refractivity (Wildman–Crippen MR) is 69.1 cm³/mol. The van der Waals surface area contributed by atoms with Crippen LogP contribution in [0.5, 0.6) is 0 Å². The lowest BCUT2D eigenvalue weighted by molar-refractivity contribution is -0.133. The maximum Gasteiger partial charge on any atom is 0.390 e. The number of benzene rings is 1. The Bertz CT molecular complexity index is 569. The van der Waals surface area contributed by atoms with Gasteiger partial charge < -0.3 is 5.32 Å². The van der Waals surface area contributed by atoms with E-state index in [1.807, 2.05) is 6.07 Å². The number of nitrogens with zero attached hydrogens (tertiary/aromatic N) is 1. The maximum absolute atomic E-state index is 12.0. The van der Waals surface area contributed by atoms with E-state index in [2.05, 4.69) is 10.3 Å². The number of hydrogen-bond donors (Lipinski definition) is 1. The third-order valence-electron chi connectivity index (χ3n) is 2.70. The number of nitrogens with one attached hydrogen (secondary N) is 1. The molecule has 0 aliphatic heterocycles. The van der Waals surface area contributed by atoms with Gasteiger partial charge >= 0.3 is 6.18 Å². The lowest BCUT2D eigenvalue weighted by Crippen LogP contribution is -2.21. The molecular formula is C13H12ClF3N2. The van der Waals surface area contributed by atoms with E-state index in [1.165, 1.54) is 0 Å². The van der Waals surface area contributed by atoms with Gasteiger partial charge in [0.1, 0.15) is 0 Å². The maximum atomic E-state index is 12.0. The van der Waals surface area contributed by atoms with Gasteiger partial charge in [-0.05, 0) is 23.8 Å². The molecule has 6 heteroatoms. The molecule has 0 aliphatic carbocycles. The molecule has 2 nitrogen and oxygen atoms in total. The van der Waals surface area contributed by atoms with Gasteiger partial charge in [0.05, 0.1) is 11.9 Å². The number of fused-ring (bicyclic) bond motifs is 1. The minimum Gasteiger partial charge on any atom is -0.312 e. The fraction of sp³-hybridized carbons (Fsp3) is 0.308. The summed E-state index contributed by atoms with van der Waals surface area (Å²) in [5, 5.41) is 4.16. The summed E-state index contributed by atoms with van der Waals surface area (Å²) >= 11 is 6.04. The quantitative estimate of drug-likeness (QED) is 0.862. The Balaban J connectivity index is 2.07. The van der Waals surface area contributed by atoms with Crippen LogP contribution in [0.25, 0.3) is 10.9 Å². The summed E-state index contributed by atoms with van der Waals surface area (Å²) in [5.74, 6) is 0. The van der Waals surface area contributed by atoms with Crippen LogP contribution < -0.4 is 5.32 Å². The first-order valence-electron chi connectivity index (χ1n) is 5.77. The third kappa shape index (κ3) is 3.81. The highest BCUT2D eigenvalue weighted by Gasteiger charge is 2.25. The number of hydrogen-bond acceptors (Lipinski definition) is 2. The zero-order chi connectivity index (χ0) is 13.9. The molecule has 19 heavy (non-hydrogen) atoms. The van der Waals surface area contributed by atoms with Crippen LogP contribution in [0.3, 0.4) is 0 Å². The van der Waals surface area contributed by atoms with Gasteiger partial charge in [0.15, 0.2) is 0 Å². The van der Waals surface area contributed by atoms with Gasteiger partial charge in [-0.25, -0.2) is 0 Å². The molecule has 0 saturated heterocycles. The average molecular weight is 289 g/mol. The minimum atomic E-state index is -4.13. The van der Waals surface area contributed by atoms with Crippen LogP contribution in [-0.4, -0.2) is 17.7 Å². The van der Waals surface area contributed by atoms with Gasteiger partial charge in [0, 0.05) is 29.7 Å². The van der Waals surface area contributed by atoms with E-state index in [0.29, 0.717) is 11.6 Å². The van der Waals surface area contributed by atoms with Crippen molar-refractivity contribution in [2.24, 2.45) is 0 Å². The molecule has 1 aromatic carbocycles. The Morgan fingerprint density at radius 3 is 2.74 bits per heavy atom. The van der Waals surface area contributed by atoms with E-state index < -0.39 is 12.6 Å². The van der Waals surface area contributed by atoms with Crippen molar-refractivity contribution in [2.45, 2.75) is 19.1 Å². The first-order chi connectivity index (χ1) is 8.97. The van der Waals surface area contributed by atoms with Gasteiger partial charge in [-0.15, -0.1) is 0 Å². The zero-order valence-corrected chi connectivity index (χ0v) is 10.7. The molecular weight excluding hydrogens is 277 g/mol. The van der Waals surface area contributed by atoms with Gasteiger partial charge in [-0.2, -0.15) is 13.2 Å². The van der Waals surface area contributed by atoms with Crippen molar-refractivity contribution in [3.8, 4) is 0 Å². The lowest BCUT2D eigenvalue weighted by Gasteiger charge is -2.10. The molecule has 0 aliphatic rings. The van der Waals surface area contributed by atoms with Crippen molar-refractivity contribution < 1.29 is 13.2 Å². The van der Waals surface area contributed by atoms with E-state index in [9.17, 15) is 13.2 Å². The summed E-state index contributed by atoms with van der Waals surface area (Å²) < 4.78 is 36.1. The third-order valence-corrected chi connectivity index (χ3v) is 3.03. The number of pyridine rings is 1. The fourth-order valence-electron chi connectivity index (χ4n) is 1.79. The van der Waals surface area contributed by atoms with Gasteiger partial charge in [0.25, 0.3) is 0 Å². The monoisotopic (exact) mass is 288 g/mol. The Kier molecular flexibility index (Phi) is 4.27. The molecule has 1 heterocycles. The number of rotatable bonds is 4. The molecule has 1 N–H and O–H groups in total. The van der Waals surface area contributed by atoms with Crippen LogP contribution in [0.15, 0.2) is 30.5 Å². The van der Waals surface area contributed by atoms with Crippen molar-refractivity contribution >= 4 is 22.5 Å². The molecule has 0 radical (unpaired) electrons. The SMILES string of the molecule is FC(F)(F)CCNCc1ccc(Cl)c2cccnc12. The van der Waals surface area contributed by atoms with E-state index in [-0.39, 0.29) is 6.54 Å². The second kappa shape index (κ2) is 5.75. The van der Waals surface area contributed by atoms with Crippen molar-refractivity contribution in [3.05, 3.63) is 41.0 Å². The second-order valence-corrected chi connectivity index (χ2v) is 4.56. The molecule has 0 fully saturated rings. The van der Waals surface area contributed by atoms with E-state index in [0.717, 1.165) is 16.5 Å². The summed E-state index contributed by atoms with van der Waals surface area (Å²) in [5.41, 5.74) is 1.55. The Labute approximate surface area is 113 Å². The molecule has 0 spiro atoms. The molecule has 0 saturated carbocycles. The van der Waals surface area contributed by atoms with Gasteiger partial charge in [-0.1, -0.05) is 17.7 Å². The molecule has 1 aromatic heterocycles. The van der Waals surface area contributed by atoms with Crippen LogP contribution in [0.1, 0.15) is 12.0 Å². The normalized spacial score (nSPS) is 12.0. The van der Waals surface area contributed by atoms with Crippen molar-refractivity contribution in [1.29, 1.82) is 0 Å². The van der Waals surface area contributed by atoms with E-state index in [4.69, 9.17) is 11.6 Å². The fourth-order valence-corrected chi connectivity index (χ4v) is 2.01. The largest absolute Gasteiger partial charge is 0.390 e. The molecule has 0 unspecified atom stereocenters. The Hall–Kier alpha value is -1.33. The van der Waals surface area contributed by atoms with Crippen molar-refractivity contribution in [3.63, 3.8) is 0 Å². The smallest absolute Gasteiger partial charge is 0.312 e. The van der Waals surface area contributed by atoms with E-state index >= 15 is 0 Å². The van der Waals surface area contributed by atoms with Crippen molar-refractivity contribution in [1.82, 2.24) is 10.3 Å². The minimum absolute atomic E-state index is 0.111. The molecule has 2 rings (SSSR count). The Morgan fingerprint density at radius 2 is 2.00 bits per heavy atom. The summed E-state index contributed by atoms with van der Waals surface area (Å²) in [6.45, 7) is 0.223. The average Bonchev–Trinajstić information content (AvgIpc) is 2.36. The predicted octanol–water partition coefficient (Wildman–Crippen LogP) is 3.93. The topological polar surface area (TPSA) is 24.9 Å². The molecule has 102 valence electrons. The standard InChI is InChI=1S/C13H12ClF3N2/c14-11-4-3-9(8-18-7-5-13(15,16)17)12-10(11)2-1-6-19-12/h1-4,6,18H,5,7-8H2. The second-order valence-electron chi connectivity index (χ2n) is 4.15. The zero-order valence-electron chi connectivity index (χ0n) is 9.97. The van der Waals surface area contributed by atoms with Crippen LogP contribution in [-0.2, 0) is 6.54 Å².